The summed E-state index contributed by atoms with van der Waals surface area (Å²) in [5, 5.41) is 0. The van der Waals surface area contributed by atoms with Crippen LogP contribution in [0.15, 0.2) is 60.7 Å². The van der Waals surface area contributed by atoms with Crippen molar-refractivity contribution < 1.29 is 23.8 Å². The molecule has 0 spiro atoms. The first-order valence-electron chi connectivity index (χ1n) is 10.6. The fourth-order valence-electron chi connectivity index (χ4n) is 3.80. The van der Waals surface area contributed by atoms with E-state index >= 15 is 0 Å². The molecule has 3 aromatic rings. The Balaban J connectivity index is 1.92. The second-order valence-electron chi connectivity index (χ2n) is 7.23. The van der Waals surface area contributed by atoms with Gasteiger partial charge in [-0.15, -0.1) is 0 Å². The molecule has 1 unspecified atom stereocenters. The topological polar surface area (TPSA) is 87.6 Å². The van der Waals surface area contributed by atoms with Gasteiger partial charge < -0.3 is 14.2 Å². The summed E-state index contributed by atoms with van der Waals surface area (Å²) in [4.78, 5) is 35.2. The van der Waals surface area contributed by atoms with Crippen LogP contribution in [0, 0.1) is 0 Å². The van der Waals surface area contributed by atoms with Gasteiger partial charge in [-0.1, -0.05) is 60.7 Å². The zero-order valence-electron chi connectivity index (χ0n) is 18.0. The average Bonchev–Trinajstić information content (AvgIpc) is 3.25. The molecule has 0 bridgehead atoms. The Hall–Kier alpha value is -3.74. The molecular weight excluding hydrogens is 408 g/mol. The number of ether oxygens (including phenoxy) is 3. The summed E-state index contributed by atoms with van der Waals surface area (Å²) in [7, 11) is 0. The Morgan fingerprint density at radius 3 is 2.12 bits per heavy atom. The maximum absolute atomic E-state index is 12.9. The molecule has 7 nitrogen and oxygen atoms in total. The highest BCUT2D eigenvalue weighted by atomic mass is 16.6. The van der Waals surface area contributed by atoms with E-state index in [9.17, 15) is 9.59 Å². The van der Waals surface area contributed by atoms with E-state index in [4.69, 9.17) is 19.2 Å². The number of rotatable bonds is 7. The second kappa shape index (κ2) is 9.60. The zero-order valence-corrected chi connectivity index (χ0v) is 18.0. The molecule has 164 valence electrons. The molecule has 7 heteroatoms. The van der Waals surface area contributed by atoms with Crippen molar-refractivity contribution >= 4 is 11.9 Å². The SMILES string of the molecule is CCOC(=O)C(C(=O)OCC)c1nc(-c2ccccc2)nc2c1C(c1ccccc1)CO2. The minimum Gasteiger partial charge on any atom is -0.476 e. The van der Waals surface area contributed by atoms with Gasteiger partial charge in [0.15, 0.2) is 11.7 Å². The van der Waals surface area contributed by atoms with Crippen molar-refractivity contribution in [3.05, 3.63) is 77.5 Å². The summed E-state index contributed by atoms with van der Waals surface area (Å²) in [5.41, 5.74) is 2.60. The van der Waals surface area contributed by atoms with Gasteiger partial charge in [0, 0.05) is 11.1 Å². The Bertz CT molecular complexity index is 1080. The quantitative estimate of drug-likeness (QED) is 0.414. The first kappa shape index (κ1) is 21.5. The smallest absolute Gasteiger partial charge is 0.326 e. The number of carbonyl (C=O) groups is 2. The molecule has 1 aliphatic rings. The van der Waals surface area contributed by atoms with Crippen LogP contribution in [0.5, 0.6) is 5.88 Å². The van der Waals surface area contributed by atoms with Gasteiger partial charge in [-0.25, -0.2) is 4.98 Å². The summed E-state index contributed by atoms with van der Waals surface area (Å²) >= 11 is 0. The lowest BCUT2D eigenvalue weighted by atomic mass is 9.88. The molecule has 1 aromatic heterocycles. The first-order valence-corrected chi connectivity index (χ1v) is 10.6. The molecule has 0 fully saturated rings. The fraction of sp³-hybridized carbons (Fsp3) is 0.280. The molecule has 4 rings (SSSR count). The van der Waals surface area contributed by atoms with Crippen LogP contribution in [0.1, 0.15) is 42.5 Å². The molecule has 0 saturated heterocycles. The lowest BCUT2D eigenvalue weighted by Crippen LogP contribution is -2.28. The Kier molecular flexibility index (Phi) is 6.44. The Morgan fingerprint density at radius 1 is 0.938 bits per heavy atom. The van der Waals surface area contributed by atoms with Crippen LogP contribution in [0.25, 0.3) is 11.4 Å². The molecule has 32 heavy (non-hydrogen) atoms. The molecular formula is C25H24N2O5. The van der Waals surface area contributed by atoms with Crippen LogP contribution in [0.4, 0.5) is 0 Å². The lowest BCUT2D eigenvalue weighted by Gasteiger charge is -2.19. The van der Waals surface area contributed by atoms with Crippen molar-refractivity contribution in [2.45, 2.75) is 25.7 Å². The number of nitrogens with zero attached hydrogens (tertiary/aromatic N) is 2. The summed E-state index contributed by atoms with van der Waals surface area (Å²) in [6.07, 6.45) is 0. The van der Waals surface area contributed by atoms with Crippen molar-refractivity contribution in [2.24, 2.45) is 0 Å². The van der Waals surface area contributed by atoms with Gasteiger partial charge in [-0.3, -0.25) is 9.59 Å². The predicted molar refractivity (Wildman–Crippen MR) is 117 cm³/mol. The van der Waals surface area contributed by atoms with E-state index in [0.717, 1.165) is 11.1 Å². The molecule has 0 aliphatic carbocycles. The normalized spacial score (nSPS) is 14.5. The van der Waals surface area contributed by atoms with Crippen LogP contribution < -0.4 is 4.74 Å². The third-order valence-corrected chi connectivity index (χ3v) is 5.23. The van der Waals surface area contributed by atoms with Crippen molar-refractivity contribution in [1.82, 2.24) is 9.97 Å². The number of aromatic nitrogens is 2. The van der Waals surface area contributed by atoms with Gasteiger partial charge in [-0.05, 0) is 19.4 Å². The van der Waals surface area contributed by atoms with E-state index < -0.39 is 17.9 Å². The van der Waals surface area contributed by atoms with Gasteiger partial charge in [0.05, 0.1) is 24.8 Å². The van der Waals surface area contributed by atoms with Gasteiger partial charge in [0.1, 0.15) is 6.61 Å². The van der Waals surface area contributed by atoms with E-state index in [1.54, 1.807) is 13.8 Å². The number of carbonyl (C=O) groups excluding carboxylic acids is 2. The third-order valence-electron chi connectivity index (χ3n) is 5.23. The molecule has 2 aromatic carbocycles. The molecule has 0 N–H and O–H groups in total. The monoisotopic (exact) mass is 432 g/mol. The summed E-state index contributed by atoms with van der Waals surface area (Å²) in [5.74, 6) is -2.23. The number of esters is 2. The Morgan fingerprint density at radius 2 is 1.53 bits per heavy atom. The van der Waals surface area contributed by atoms with E-state index in [1.807, 2.05) is 60.7 Å². The van der Waals surface area contributed by atoms with Crippen molar-refractivity contribution in [1.29, 1.82) is 0 Å². The minimum absolute atomic E-state index is 0.131. The second-order valence-corrected chi connectivity index (χ2v) is 7.23. The van der Waals surface area contributed by atoms with Gasteiger partial charge in [0.25, 0.3) is 0 Å². The van der Waals surface area contributed by atoms with Crippen molar-refractivity contribution in [3.8, 4) is 17.3 Å². The number of fused-ring (bicyclic) bond motifs is 1. The molecule has 2 heterocycles. The van der Waals surface area contributed by atoms with Crippen molar-refractivity contribution in [2.75, 3.05) is 19.8 Å². The van der Waals surface area contributed by atoms with Crippen LogP contribution in [0.2, 0.25) is 0 Å². The van der Waals surface area contributed by atoms with Gasteiger partial charge in [0.2, 0.25) is 5.88 Å². The van der Waals surface area contributed by atoms with Crippen LogP contribution in [-0.2, 0) is 19.1 Å². The zero-order chi connectivity index (χ0) is 22.5. The maximum Gasteiger partial charge on any atom is 0.326 e. The van der Waals surface area contributed by atoms with Crippen LogP contribution >= 0.6 is 0 Å². The number of hydrogen-bond donors (Lipinski definition) is 0. The predicted octanol–water partition coefficient (Wildman–Crippen LogP) is 3.88. The number of hydrogen-bond acceptors (Lipinski definition) is 7. The molecule has 0 amide bonds. The third kappa shape index (κ3) is 4.19. The van der Waals surface area contributed by atoms with E-state index in [0.29, 0.717) is 23.9 Å². The summed E-state index contributed by atoms with van der Waals surface area (Å²) < 4.78 is 16.4. The Labute approximate surface area is 186 Å². The van der Waals surface area contributed by atoms with Crippen LogP contribution in [0.3, 0.4) is 0 Å². The number of benzene rings is 2. The molecule has 1 atom stereocenters. The van der Waals surface area contributed by atoms with Crippen LogP contribution in [-0.4, -0.2) is 41.7 Å². The fourth-order valence-corrected chi connectivity index (χ4v) is 3.80. The standard InChI is InChI=1S/C25H24N2O5/c1-3-30-24(28)20(25(29)31-4-2)21-19-18(16-11-7-5-8-12-16)15-32-23(19)27-22(26-21)17-13-9-6-10-14-17/h5-14,18,20H,3-4,15H2,1-2H3. The molecule has 0 saturated carbocycles. The van der Waals surface area contributed by atoms with Crippen molar-refractivity contribution in [3.63, 3.8) is 0 Å². The lowest BCUT2D eigenvalue weighted by molar-refractivity contribution is -0.157. The molecule has 1 aliphatic heterocycles. The average molecular weight is 432 g/mol. The highest BCUT2D eigenvalue weighted by molar-refractivity contribution is 6.01. The van der Waals surface area contributed by atoms with E-state index in [2.05, 4.69) is 4.98 Å². The summed E-state index contributed by atoms with van der Waals surface area (Å²) in [6, 6.07) is 19.1. The van der Waals surface area contributed by atoms with Gasteiger partial charge >= 0.3 is 11.9 Å². The van der Waals surface area contributed by atoms with Gasteiger partial charge in [-0.2, -0.15) is 4.98 Å². The molecule has 0 radical (unpaired) electrons. The first-order chi connectivity index (χ1) is 15.6. The summed E-state index contributed by atoms with van der Waals surface area (Å²) in [6.45, 7) is 3.97. The largest absolute Gasteiger partial charge is 0.476 e. The van der Waals surface area contributed by atoms with E-state index in [1.165, 1.54) is 0 Å². The maximum atomic E-state index is 12.9. The highest BCUT2D eigenvalue weighted by Crippen LogP contribution is 2.42. The minimum atomic E-state index is -1.33. The highest BCUT2D eigenvalue weighted by Gasteiger charge is 2.41. The van der Waals surface area contributed by atoms with E-state index in [-0.39, 0.29) is 24.8 Å².